The molecule has 0 bridgehead atoms. The molecule has 0 atom stereocenters. The molecule has 0 aliphatic carbocycles. The molecule has 3 amide bonds. The van der Waals surface area contributed by atoms with E-state index in [4.69, 9.17) is 9.47 Å². The van der Waals surface area contributed by atoms with E-state index in [-0.39, 0.29) is 11.7 Å². The Kier molecular flexibility index (Phi) is 5.72. The summed E-state index contributed by atoms with van der Waals surface area (Å²) >= 11 is 1.24. The maximum Gasteiger partial charge on any atom is 0.325 e. The number of amides is 3. The van der Waals surface area contributed by atoms with Gasteiger partial charge in [0, 0.05) is 12.6 Å². The van der Waals surface area contributed by atoms with Crippen molar-refractivity contribution in [1.29, 1.82) is 0 Å². The minimum Gasteiger partial charge on any atom is -0.497 e. The summed E-state index contributed by atoms with van der Waals surface area (Å²) in [6.07, 6.45) is 0. The van der Waals surface area contributed by atoms with E-state index in [1.807, 2.05) is 0 Å². The van der Waals surface area contributed by atoms with Crippen LogP contribution in [0.3, 0.4) is 0 Å². The summed E-state index contributed by atoms with van der Waals surface area (Å²) in [5.74, 6) is 0.505. The number of halogens is 1. The zero-order chi connectivity index (χ0) is 22.0. The zero-order valence-corrected chi connectivity index (χ0v) is 17.6. The van der Waals surface area contributed by atoms with E-state index >= 15 is 0 Å². The lowest BCUT2D eigenvalue weighted by atomic mass is 10.2. The molecule has 3 aromatic rings. The van der Waals surface area contributed by atoms with Crippen molar-refractivity contribution >= 4 is 34.1 Å². The van der Waals surface area contributed by atoms with Crippen LogP contribution in [0.2, 0.25) is 0 Å². The molecule has 0 saturated heterocycles. The lowest BCUT2D eigenvalue weighted by Crippen LogP contribution is -2.24. The van der Waals surface area contributed by atoms with E-state index in [2.05, 4.69) is 15.6 Å². The van der Waals surface area contributed by atoms with Crippen LogP contribution in [0.4, 0.5) is 20.0 Å². The van der Waals surface area contributed by atoms with Gasteiger partial charge in [0.25, 0.3) is 5.91 Å². The molecule has 1 aromatic heterocycles. The largest absolute Gasteiger partial charge is 0.497 e. The summed E-state index contributed by atoms with van der Waals surface area (Å²) in [7, 11) is 3.03. The van der Waals surface area contributed by atoms with Gasteiger partial charge in [-0.15, -0.1) is 0 Å². The smallest absolute Gasteiger partial charge is 0.325 e. The molecule has 0 unspecified atom stereocenters. The number of urea groups is 1. The second-order valence-corrected chi connectivity index (χ2v) is 7.81. The van der Waals surface area contributed by atoms with Crippen molar-refractivity contribution < 1.29 is 23.5 Å². The molecule has 0 saturated carbocycles. The minimum absolute atomic E-state index is 0.221. The number of hydrogen-bond acceptors (Lipinski definition) is 6. The molecule has 2 aromatic carbocycles. The molecule has 1 aliphatic rings. The number of nitrogens with zero attached hydrogens (tertiary/aromatic N) is 2. The highest BCUT2D eigenvalue weighted by atomic mass is 32.1. The van der Waals surface area contributed by atoms with Gasteiger partial charge in [0.1, 0.15) is 23.0 Å². The molecular weight excluding hydrogens is 423 g/mol. The van der Waals surface area contributed by atoms with Gasteiger partial charge in [-0.25, -0.2) is 14.2 Å². The number of hydrogen-bond donors (Lipinski definition) is 2. The highest BCUT2D eigenvalue weighted by Gasteiger charge is 2.32. The molecule has 8 nitrogen and oxygen atoms in total. The molecule has 31 heavy (non-hydrogen) atoms. The molecular formula is C21H19FN4O4S. The number of methoxy groups -OCH3 is 2. The number of aromatic nitrogens is 1. The van der Waals surface area contributed by atoms with Crippen LogP contribution in [0.1, 0.15) is 20.9 Å². The molecule has 0 fully saturated rings. The van der Waals surface area contributed by atoms with Crippen molar-refractivity contribution in [2.75, 3.05) is 24.9 Å². The van der Waals surface area contributed by atoms with Gasteiger partial charge in [-0.1, -0.05) is 23.5 Å². The van der Waals surface area contributed by atoms with Crippen LogP contribution in [0.15, 0.2) is 42.5 Å². The van der Waals surface area contributed by atoms with E-state index < -0.39 is 6.03 Å². The van der Waals surface area contributed by atoms with E-state index in [0.717, 1.165) is 10.4 Å². The quantitative estimate of drug-likeness (QED) is 0.600. The Morgan fingerprint density at radius 1 is 1.16 bits per heavy atom. The van der Waals surface area contributed by atoms with Gasteiger partial charge < -0.3 is 19.7 Å². The van der Waals surface area contributed by atoms with Crippen molar-refractivity contribution in [3.05, 3.63) is 64.4 Å². The normalized spacial score (nSPS) is 12.5. The van der Waals surface area contributed by atoms with Crippen LogP contribution in [-0.4, -0.2) is 36.0 Å². The molecule has 10 heteroatoms. The SMILES string of the molecule is COc1ccc(NC(=O)Nc2nc3c(s2)CN(Cc2ccc(F)cc2)C3=O)c(OC)c1. The number of thiazole rings is 1. The first-order chi connectivity index (χ1) is 15.0. The standard InChI is InChI=1S/C21H19FN4O4S/c1-29-14-7-8-15(16(9-14)30-2)23-20(28)25-21-24-18-17(31-21)11-26(19(18)27)10-12-3-5-13(22)6-4-12/h3-9H,10-11H2,1-2H3,(H2,23,24,25,28). The first kappa shape index (κ1) is 20.6. The monoisotopic (exact) mass is 442 g/mol. The third-order valence-electron chi connectivity index (χ3n) is 4.69. The Hall–Kier alpha value is -3.66. The topological polar surface area (TPSA) is 92.8 Å². The Balaban J connectivity index is 1.39. The van der Waals surface area contributed by atoms with E-state index in [1.54, 1.807) is 42.3 Å². The van der Waals surface area contributed by atoms with Crippen LogP contribution in [0.25, 0.3) is 0 Å². The van der Waals surface area contributed by atoms with Crippen molar-refractivity contribution in [3.8, 4) is 11.5 Å². The van der Waals surface area contributed by atoms with E-state index in [0.29, 0.717) is 41.1 Å². The number of carbonyl (C=O) groups excluding carboxylic acids is 2. The average molecular weight is 442 g/mol. The summed E-state index contributed by atoms with van der Waals surface area (Å²) in [5, 5.41) is 5.67. The number of ether oxygens (including phenoxy) is 2. The molecule has 2 N–H and O–H groups in total. The van der Waals surface area contributed by atoms with Crippen molar-refractivity contribution in [1.82, 2.24) is 9.88 Å². The number of benzene rings is 2. The van der Waals surface area contributed by atoms with Gasteiger partial charge in [0.15, 0.2) is 5.13 Å². The van der Waals surface area contributed by atoms with Gasteiger partial charge in [0.2, 0.25) is 0 Å². The number of carbonyl (C=O) groups is 2. The number of rotatable bonds is 6. The van der Waals surface area contributed by atoms with E-state index in [9.17, 15) is 14.0 Å². The second kappa shape index (κ2) is 8.60. The molecule has 4 rings (SSSR count). The molecule has 2 heterocycles. The fraction of sp³-hybridized carbons (Fsp3) is 0.190. The third-order valence-corrected chi connectivity index (χ3v) is 5.64. The first-order valence-electron chi connectivity index (χ1n) is 9.30. The lowest BCUT2D eigenvalue weighted by molar-refractivity contribution is 0.0762. The lowest BCUT2D eigenvalue weighted by Gasteiger charge is -2.15. The average Bonchev–Trinajstić information content (AvgIpc) is 3.28. The summed E-state index contributed by atoms with van der Waals surface area (Å²) in [6, 6.07) is 10.5. The van der Waals surface area contributed by atoms with Crippen LogP contribution in [-0.2, 0) is 13.1 Å². The molecule has 0 spiro atoms. The van der Waals surface area contributed by atoms with Crippen LogP contribution in [0, 0.1) is 5.82 Å². The first-order valence-corrected chi connectivity index (χ1v) is 10.1. The Morgan fingerprint density at radius 2 is 1.94 bits per heavy atom. The van der Waals surface area contributed by atoms with E-state index in [1.165, 1.54) is 30.6 Å². The summed E-state index contributed by atoms with van der Waals surface area (Å²) in [5.41, 5.74) is 1.62. The second-order valence-electron chi connectivity index (χ2n) is 6.72. The minimum atomic E-state index is -0.508. The Bertz CT molecular complexity index is 1130. The number of nitrogens with one attached hydrogen (secondary N) is 2. The van der Waals surface area contributed by atoms with Crippen molar-refractivity contribution in [3.63, 3.8) is 0 Å². The highest BCUT2D eigenvalue weighted by molar-refractivity contribution is 7.16. The summed E-state index contributed by atoms with van der Waals surface area (Å²) in [6.45, 7) is 0.752. The predicted molar refractivity (Wildman–Crippen MR) is 114 cm³/mol. The van der Waals surface area contributed by atoms with Crippen molar-refractivity contribution in [2.45, 2.75) is 13.1 Å². The fourth-order valence-corrected chi connectivity index (χ4v) is 4.13. The third kappa shape index (κ3) is 4.43. The van der Waals surface area contributed by atoms with Gasteiger partial charge in [-0.3, -0.25) is 10.1 Å². The molecule has 1 aliphatic heterocycles. The van der Waals surface area contributed by atoms with Gasteiger partial charge in [0.05, 0.1) is 31.3 Å². The Morgan fingerprint density at radius 3 is 2.61 bits per heavy atom. The van der Waals surface area contributed by atoms with Crippen LogP contribution < -0.4 is 20.1 Å². The summed E-state index contributed by atoms with van der Waals surface area (Å²) in [4.78, 5) is 31.7. The van der Waals surface area contributed by atoms with Crippen LogP contribution in [0.5, 0.6) is 11.5 Å². The fourth-order valence-electron chi connectivity index (χ4n) is 3.16. The predicted octanol–water partition coefficient (Wildman–Crippen LogP) is 4.10. The maximum absolute atomic E-state index is 13.1. The summed E-state index contributed by atoms with van der Waals surface area (Å²) < 4.78 is 23.5. The van der Waals surface area contributed by atoms with Gasteiger partial charge in [-0.2, -0.15) is 0 Å². The van der Waals surface area contributed by atoms with Gasteiger partial charge in [-0.05, 0) is 29.8 Å². The Labute approximate surface area is 181 Å². The van der Waals surface area contributed by atoms with Crippen LogP contribution >= 0.6 is 11.3 Å². The molecule has 0 radical (unpaired) electrons. The highest BCUT2D eigenvalue weighted by Crippen LogP contribution is 2.33. The van der Waals surface area contributed by atoms with Crippen molar-refractivity contribution in [2.24, 2.45) is 0 Å². The maximum atomic E-state index is 13.1. The number of anilines is 2. The molecule has 160 valence electrons. The number of fused-ring (bicyclic) bond motifs is 1. The zero-order valence-electron chi connectivity index (χ0n) is 16.8. The van der Waals surface area contributed by atoms with Gasteiger partial charge >= 0.3 is 6.03 Å².